The Kier molecular flexibility index (Phi) is 8.40. The summed E-state index contributed by atoms with van der Waals surface area (Å²) in [5, 5.41) is 6.63. The van der Waals surface area contributed by atoms with Crippen LogP contribution in [0.15, 0.2) is 23.3 Å². The first-order valence-corrected chi connectivity index (χ1v) is 10.6. The molecule has 0 saturated heterocycles. The Bertz CT molecular complexity index is 514. The molecule has 2 bridgehead atoms. The molecule has 2 rings (SSSR count). The van der Waals surface area contributed by atoms with Crippen molar-refractivity contribution in [2.24, 2.45) is 23.7 Å². The van der Waals surface area contributed by atoms with Gasteiger partial charge in [-0.2, -0.15) is 0 Å². The van der Waals surface area contributed by atoms with Gasteiger partial charge in [-0.3, -0.25) is 4.79 Å². The lowest BCUT2D eigenvalue weighted by atomic mass is 9.63. The van der Waals surface area contributed by atoms with Gasteiger partial charge in [0.2, 0.25) is 5.91 Å². The molecule has 1 amide bonds. The summed E-state index contributed by atoms with van der Waals surface area (Å²) in [7, 11) is 0. The third-order valence-corrected chi connectivity index (χ3v) is 6.20. The van der Waals surface area contributed by atoms with Crippen molar-refractivity contribution >= 4 is 5.91 Å². The first-order chi connectivity index (χ1) is 12.3. The van der Waals surface area contributed by atoms with E-state index in [1.54, 1.807) is 0 Å². The molecule has 0 aromatic rings. The van der Waals surface area contributed by atoms with E-state index < -0.39 is 0 Å². The maximum atomic E-state index is 12.4. The molecule has 3 nitrogen and oxygen atoms in total. The zero-order chi connectivity index (χ0) is 19.1. The summed E-state index contributed by atoms with van der Waals surface area (Å²) in [6.45, 7) is 12.4. The molecule has 5 unspecified atom stereocenters. The van der Waals surface area contributed by atoms with Gasteiger partial charge < -0.3 is 10.6 Å². The minimum absolute atomic E-state index is 0.161. The molecule has 5 atom stereocenters. The van der Waals surface area contributed by atoms with Crippen molar-refractivity contribution in [1.82, 2.24) is 10.6 Å². The van der Waals surface area contributed by atoms with Gasteiger partial charge in [-0.25, -0.2) is 0 Å². The van der Waals surface area contributed by atoms with Gasteiger partial charge in [0.05, 0.1) is 6.54 Å². The van der Waals surface area contributed by atoms with Crippen LogP contribution in [0.1, 0.15) is 73.1 Å². The van der Waals surface area contributed by atoms with E-state index in [9.17, 15) is 4.79 Å². The molecular weight excluding hydrogens is 320 g/mol. The second-order valence-corrected chi connectivity index (χ2v) is 9.25. The van der Waals surface area contributed by atoms with E-state index in [-0.39, 0.29) is 5.91 Å². The molecule has 0 heterocycles. The van der Waals surface area contributed by atoms with Gasteiger partial charge in [-0.05, 0) is 83.0 Å². The maximum Gasteiger partial charge on any atom is 0.234 e. The molecule has 0 aromatic carbocycles. The average Bonchev–Trinajstić information content (AvgIpc) is 2.54. The topological polar surface area (TPSA) is 41.1 Å². The van der Waals surface area contributed by atoms with Gasteiger partial charge in [0.15, 0.2) is 0 Å². The number of hydrogen-bond acceptors (Lipinski definition) is 2. The molecule has 0 spiro atoms. The molecule has 2 aliphatic rings. The monoisotopic (exact) mass is 360 g/mol. The average molecular weight is 361 g/mol. The van der Waals surface area contributed by atoms with E-state index in [0.717, 1.165) is 31.2 Å². The third-order valence-electron chi connectivity index (χ3n) is 6.20. The van der Waals surface area contributed by atoms with Crippen molar-refractivity contribution in [2.75, 3.05) is 13.1 Å². The summed E-state index contributed by atoms with van der Waals surface area (Å²) < 4.78 is 0. The largest absolute Gasteiger partial charge is 0.352 e. The summed E-state index contributed by atoms with van der Waals surface area (Å²) in [4.78, 5) is 12.4. The molecule has 148 valence electrons. The summed E-state index contributed by atoms with van der Waals surface area (Å²) in [6.07, 6.45) is 12.0. The van der Waals surface area contributed by atoms with Crippen molar-refractivity contribution in [3.8, 4) is 0 Å². The van der Waals surface area contributed by atoms with Crippen molar-refractivity contribution in [1.29, 1.82) is 0 Å². The molecule has 2 N–H and O–H groups in total. The highest BCUT2D eigenvalue weighted by Crippen LogP contribution is 2.44. The first kappa shape index (κ1) is 21.2. The Morgan fingerprint density at radius 1 is 1.04 bits per heavy atom. The van der Waals surface area contributed by atoms with Crippen LogP contribution in [-0.4, -0.2) is 25.0 Å². The van der Waals surface area contributed by atoms with Gasteiger partial charge >= 0.3 is 0 Å². The summed E-state index contributed by atoms with van der Waals surface area (Å²) >= 11 is 0. The van der Waals surface area contributed by atoms with Crippen LogP contribution in [-0.2, 0) is 4.79 Å². The second-order valence-electron chi connectivity index (χ2n) is 9.25. The number of fused-ring (bicyclic) bond motifs is 2. The van der Waals surface area contributed by atoms with Crippen LogP contribution in [0, 0.1) is 23.7 Å². The molecule has 2 saturated carbocycles. The van der Waals surface area contributed by atoms with Crippen LogP contribution in [0.2, 0.25) is 0 Å². The van der Waals surface area contributed by atoms with Gasteiger partial charge in [0, 0.05) is 12.6 Å². The lowest BCUT2D eigenvalue weighted by molar-refractivity contribution is -0.122. The van der Waals surface area contributed by atoms with E-state index >= 15 is 0 Å². The molecule has 0 radical (unpaired) electrons. The normalized spacial score (nSPS) is 31.4. The number of amides is 1. The van der Waals surface area contributed by atoms with Crippen LogP contribution in [0.3, 0.4) is 0 Å². The number of rotatable bonds is 8. The molecule has 0 aliphatic heterocycles. The molecule has 26 heavy (non-hydrogen) atoms. The quantitative estimate of drug-likeness (QED) is 0.480. The number of carbonyl (C=O) groups is 1. The fraction of sp³-hybridized carbons (Fsp3) is 0.783. The van der Waals surface area contributed by atoms with Crippen LogP contribution >= 0.6 is 0 Å². The van der Waals surface area contributed by atoms with Gasteiger partial charge in [-0.1, -0.05) is 37.1 Å². The fourth-order valence-electron chi connectivity index (χ4n) is 5.05. The summed E-state index contributed by atoms with van der Waals surface area (Å²) in [5.41, 5.74) is 2.77. The van der Waals surface area contributed by atoms with Crippen LogP contribution < -0.4 is 10.6 Å². The third kappa shape index (κ3) is 6.90. The van der Waals surface area contributed by atoms with Gasteiger partial charge in [-0.15, -0.1) is 0 Å². The highest BCUT2D eigenvalue weighted by atomic mass is 16.2. The minimum Gasteiger partial charge on any atom is -0.352 e. The standard InChI is InChI=1S/C23H40N2O/c1-16(2)7-6-8-17(3)9-10-24-15-22(26)25-23-19(5)13-20-11-18(4)12-21(23)14-20/h7,9,18-21,23-24H,6,8,10-15H2,1-5H3,(H,25,26)/b17-9+. The molecule has 2 fully saturated rings. The lowest BCUT2D eigenvalue weighted by Gasteiger charge is -2.46. The highest BCUT2D eigenvalue weighted by molar-refractivity contribution is 5.78. The van der Waals surface area contributed by atoms with Crippen LogP contribution in [0.4, 0.5) is 0 Å². The second kappa shape index (κ2) is 10.3. The highest BCUT2D eigenvalue weighted by Gasteiger charge is 2.40. The zero-order valence-corrected chi connectivity index (χ0v) is 17.6. The number of carbonyl (C=O) groups excluding carboxylic acids is 1. The van der Waals surface area contributed by atoms with E-state index in [4.69, 9.17) is 0 Å². The van der Waals surface area contributed by atoms with Crippen molar-refractivity contribution in [3.05, 3.63) is 23.3 Å². The Labute approximate surface area is 161 Å². The van der Waals surface area contributed by atoms with Gasteiger partial charge in [0.1, 0.15) is 0 Å². The number of allylic oxidation sites excluding steroid dienone is 3. The first-order valence-electron chi connectivity index (χ1n) is 10.6. The van der Waals surface area contributed by atoms with Crippen molar-refractivity contribution < 1.29 is 4.79 Å². The van der Waals surface area contributed by atoms with E-state index in [2.05, 4.69) is 57.4 Å². The number of nitrogens with one attached hydrogen (secondary N) is 2. The van der Waals surface area contributed by atoms with E-state index in [1.807, 2.05) is 0 Å². The van der Waals surface area contributed by atoms with Gasteiger partial charge in [0.25, 0.3) is 0 Å². The van der Waals surface area contributed by atoms with Crippen LogP contribution in [0.25, 0.3) is 0 Å². The predicted octanol–water partition coefficient (Wildman–Crippen LogP) is 4.85. The molecule has 0 aromatic heterocycles. The van der Waals surface area contributed by atoms with E-state index in [1.165, 1.54) is 36.8 Å². The Balaban J connectivity index is 1.69. The Morgan fingerprint density at radius 3 is 2.54 bits per heavy atom. The zero-order valence-electron chi connectivity index (χ0n) is 17.6. The molecule has 2 aliphatic carbocycles. The Hall–Kier alpha value is -1.09. The molecule has 3 heteroatoms. The van der Waals surface area contributed by atoms with Crippen LogP contribution in [0.5, 0.6) is 0 Å². The fourth-order valence-corrected chi connectivity index (χ4v) is 5.05. The van der Waals surface area contributed by atoms with Crippen molar-refractivity contribution in [2.45, 2.75) is 79.2 Å². The number of hydrogen-bond donors (Lipinski definition) is 2. The predicted molar refractivity (Wildman–Crippen MR) is 111 cm³/mol. The van der Waals surface area contributed by atoms with E-state index in [0.29, 0.717) is 24.4 Å². The Morgan fingerprint density at radius 2 is 1.81 bits per heavy atom. The minimum atomic E-state index is 0.161. The summed E-state index contributed by atoms with van der Waals surface area (Å²) in [6, 6.07) is 0.379. The molecular formula is C23H40N2O. The van der Waals surface area contributed by atoms with Crippen molar-refractivity contribution in [3.63, 3.8) is 0 Å². The SMILES string of the molecule is CC(C)=CCC/C(C)=C/CNCC(=O)NC1C(C)CC2CC(C)CC1C2. The summed E-state index contributed by atoms with van der Waals surface area (Å²) in [5.74, 6) is 3.18. The lowest BCUT2D eigenvalue weighted by Crippen LogP contribution is -2.52. The maximum absolute atomic E-state index is 12.4. The smallest absolute Gasteiger partial charge is 0.234 e.